The van der Waals surface area contributed by atoms with Gasteiger partial charge in [0.1, 0.15) is 6.10 Å². The van der Waals surface area contributed by atoms with Crippen LogP contribution in [-0.2, 0) is 11.3 Å². The molecule has 2 aliphatic rings. The van der Waals surface area contributed by atoms with Gasteiger partial charge in [0.05, 0.1) is 6.61 Å². The fraction of sp³-hybridized carbons (Fsp3) is 0.733. The first kappa shape index (κ1) is 13.9. The SMILES string of the molecule is CC(C)NCc1cnc(C2CN3CCCC3CO2)nc1. The highest BCUT2D eigenvalue weighted by Crippen LogP contribution is 2.28. The number of fused-ring (bicyclic) bond motifs is 1. The first-order valence-corrected chi connectivity index (χ1v) is 7.62. The van der Waals surface area contributed by atoms with E-state index in [2.05, 4.69) is 34.0 Å². The minimum Gasteiger partial charge on any atom is -0.367 e. The summed E-state index contributed by atoms with van der Waals surface area (Å²) < 4.78 is 5.93. The number of rotatable bonds is 4. The smallest absolute Gasteiger partial charge is 0.158 e. The Morgan fingerprint density at radius 1 is 1.40 bits per heavy atom. The van der Waals surface area contributed by atoms with Crippen LogP contribution in [0.15, 0.2) is 12.4 Å². The molecule has 2 saturated heterocycles. The highest BCUT2D eigenvalue weighted by Gasteiger charge is 2.33. The molecule has 20 heavy (non-hydrogen) atoms. The van der Waals surface area contributed by atoms with Gasteiger partial charge in [-0.15, -0.1) is 0 Å². The summed E-state index contributed by atoms with van der Waals surface area (Å²) in [7, 11) is 0. The molecule has 0 radical (unpaired) electrons. The van der Waals surface area contributed by atoms with Crippen LogP contribution in [0.5, 0.6) is 0 Å². The van der Waals surface area contributed by atoms with Crippen LogP contribution in [0, 0.1) is 0 Å². The van der Waals surface area contributed by atoms with Crippen LogP contribution < -0.4 is 5.32 Å². The zero-order valence-electron chi connectivity index (χ0n) is 12.4. The van der Waals surface area contributed by atoms with Crippen molar-refractivity contribution >= 4 is 0 Å². The number of hydrogen-bond acceptors (Lipinski definition) is 5. The maximum absolute atomic E-state index is 5.93. The maximum Gasteiger partial charge on any atom is 0.158 e. The summed E-state index contributed by atoms with van der Waals surface area (Å²) in [6, 6.07) is 1.10. The number of ether oxygens (including phenoxy) is 1. The van der Waals surface area contributed by atoms with Gasteiger partial charge in [-0.25, -0.2) is 9.97 Å². The fourth-order valence-corrected chi connectivity index (χ4v) is 2.92. The molecule has 1 N–H and O–H groups in total. The summed E-state index contributed by atoms with van der Waals surface area (Å²) in [5.74, 6) is 0.823. The Morgan fingerprint density at radius 3 is 2.95 bits per heavy atom. The number of aromatic nitrogens is 2. The van der Waals surface area contributed by atoms with Crippen LogP contribution in [0.3, 0.4) is 0 Å². The van der Waals surface area contributed by atoms with Crippen LogP contribution in [-0.4, -0.2) is 46.6 Å². The number of morpholine rings is 1. The molecule has 0 spiro atoms. The highest BCUT2D eigenvalue weighted by atomic mass is 16.5. The molecule has 0 amide bonds. The van der Waals surface area contributed by atoms with Crippen molar-refractivity contribution in [2.45, 2.75) is 51.4 Å². The number of nitrogens with zero attached hydrogens (tertiary/aromatic N) is 3. The van der Waals surface area contributed by atoms with Crippen molar-refractivity contribution in [3.05, 3.63) is 23.8 Å². The molecule has 0 aliphatic carbocycles. The molecule has 3 rings (SSSR count). The predicted octanol–water partition coefficient (Wildman–Crippen LogP) is 1.51. The summed E-state index contributed by atoms with van der Waals surface area (Å²) in [6.07, 6.45) is 6.43. The van der Waals surface area contributed by atoms with E-state index in [-0.39, 0.29) is 6.10 Å². The molecule has 2 fully saturated rings. The molecular weight excluding hydrogens is 252 g/mol. The Balaban J connectivity index is 1.60. The topological polar surface area (TPSA) is 50.3 Å². The van der Waals surface area contributed by atoms with Crippen LogP contribution in [0.1, 0.15) is 44.2 Å². The lowest BCUT2D eigenvalue weighted by atomic mass is 10.2. The van der Waals surface area contributed by atoms with Gasteiger partial charge in [-0.3, -0.25) is 4.90 Å². The van der Waals surface area contributed by atoms with Gasteiger partial charge in [0.15, 0.2) is 5.82 Å². The second-order valence-electron chi connectivity index (χ2n) is 6.10. The van der Waals surface area contributed by atoms with Crippen LogP contribution in [0.2, 0.25) is 0 Å². The Kier molecular flexibility index (Phi) is 4.29. The predicted molar refractivity (Wildman–Crippen MR) is 77.3 cm³/mol. The van der Waals surface area contributed by atoms with Crippen molar-refractivity contribution in [2.75, 3.05) is 19.7 Å². The van der Waals surface area contributed by atoms with E-state index < -0.39 is 0 Å². The normalized spacial score (nSPS) is 26.9. The minimum absolute atomic E-state index is 0.0384. The van der Waals surface area contributed by atoms with E-state index in [9.17, 15) is 0 Å². The second kappa shape index (κ2) is 6.16. The van der Waals surface area contributed by atoms with E-state index in [1.54, 1.807) is 0 Å². The number of nitrogens with one attached hydrogen (secondary N) is 1. The molecule has 2 unspecified atom stereocenters. The molecule has 0 saturated carbocycles. The fourth-order valence-electron chi connectivity index (χ4n) is 2.92. The van der Waals surface area contributed by atoms with E-state index in [0.29, 0.717) is 12.1 Å². The van der Waals surface area contributed by atoms with Crippen LogP contribution >= 0.6 is 0 Å². The van der Waals surface area contributed by atoms with Gasteiger partial charge >= 0.3 is 0 Å². The third-order valence-electron chi connectivity index (χ3n) is 4.12. The Labute approximate surface area is 120 Å². The third kappa shape index (κ3) is 3.16. The third-order valence-corrected chi connectivity index (χ3v) is 4.12. The molecule has 3 heterocycles. The van der Waals surface area contributed by atoms with Gasteiger partial charge < -0.3 is 10.1 Å². The van der Waals surface area contributed by atoms with Crippen molar-refractivity contribution in [3.63, 3.8) is 0 Å². The standard InChI is InChI=1S/C15H24N4O/c1-11(2)16-6-12-7-17-15(18-8-12)14-9-19-5-3-4-13(19)10-20-14/h7-8,11,13-14,16H,3-6,9-10H2,1-2H3. The lowest BCUT2D eigenvalue weighted by Crippen LogP contribution is -2.42. The van der Waals surface area contributed by atoms with Crippen molar-refractivity contribution in [1.82, 2.24) is 20.2 Å². The van der Waals surface area contributed by atoms with Crippen molar-refractivity contribution < 1.29 is 4.74 Å². The largest absolute Gasteiger partial charge is 0.367 e. The summed E-state index contributed by atoms with van der Waals surface area (Å²) in [6.45, 7) is 8.05. The van der Waals surface area contributed by atoms with Crippen molar-refractivity contribution in [2.24, 2.45) is 0 Å². The molecule has 1 aromatic rings. The van der Waals surface area contributed by atoms with E-state index in [1.807, 2.05) is 12.4 Å². The van der Waals surface area contributed by atoms with Gasteiger partial charge in [-0.2, -0.15) is 0 Å². The molecule has 5 heteroatoms. The Morgan fingerprint density at radius 2 is 2.20 bits per heavy atom. The zero-order valence-corrected chi connectivity index (χ0v) is 12.4. The first-order chi connectivity index (χ1) is 9.72. The highest BCUT2D eigenvalue weighted by molar-refractivity contribution is 5.07. The molecular formula is C15H24N4O. The summed E-state index contributed by atoms with van der Waals surface area (Å²) in [4.78, 5) is 11.5. The molecule has 2 atom stereocenters. The number of hydrogen-bond donors (Lipinski definition) is 1. The first-order valence-electron chi connectivity index (χ1n) is 7.62. The van der Waals surface area contributed by atoms with Gasteiger partial charge in [0.2, 0.25) is 0 Å². The van der Waals surface area contributed by atoms with Gasteiger partial charge in [0.25, 0.3) is 0 Å². The molecule has 2 aliphatic heterocycles. The quantitative estimate of drug-likeness (QED) is 0.903. The lowest BCUT2D eigenvalue weighted by Gasteiger charge is -2.34. The average molecular weight is 276 g/mol. The molecule has 0 bridgehead atoms. The van der Waals surface area contributed by atoms with Crippen molar-refractivity contribution in [1.29, 1.82) is 0 Å². The Hall–Kier alpha value is -1.04. The summed E-state index contributed by atoms with van der Waals surface area (Å²) in [5, 5.41) is 3.37. The van der Waals surface area contributed by atoms with E-state index in [0.717, 1.165) is 31.1 Å². The molecule has 1 aromatic heterocycles. The van der Waals surface area contributed by atoms with Gasteiger partial charge in [-0.05, 0) is 19.4 Å². The monoisotopic (exact) mass is 276 g/mol. The van der Waals surface area contributed by atoms with Crippen molar-refractivity contribution in [3.8, 4) is 0 Å². The van der Waals surface area contributed by atoms with Gasteiger partial charge in [0, 0.05) is 43.1 Å². The van der Waals surface area contributed by atoms with E-state index >= 15 is 0 Å². The van der Waals surface area contributed by atoms with Crippen LogP contribution in [0.25, 0.3) is 0 Å². The average Bonchev–Trinajstić information content (AvgIpc) is 2.93. The van der Waals surface area contributed by atoms with Gasteiger partial charge in [-0.1, -0.05) is 13.8 Å². The maximum atomic E-state index is 5.93. The minimum atomic E-state index is 0.0384. The Bertz CT molecular complexity index is 434. The van der Waals surface area contributed by atoms with E-state index in [4.69, 9.17) is 4.74 Å². The lowest BCUT2D eigenvalue weighted by molar-refractivity contribution is -0.0541. The molecule has 0 aromatic carbocycles. The summed E-state index contributed by atoms with van der Waals surface area (Å²) >= 11 is 0. The van der Waals surface area contributed by atoms with Crippen LogP contribution in [0.4, 0.5) is 0 Å². The molecule has 5 nitrogen and oxygen atoms in total. The second-order valence-corrected chi connectivity index (χ2v) is 6.10. The summed E-state index contributed by atoms with van der Waals surface area (Å²) in [5.41, 5.74) is 1.12. The molecule has 110 valence electrons. The zero-order chi connectivity index (χ0) is 13.9. The van der Waals surface area contributed by atoms with E-state index in [1.165, 1.54) is 19.4 Å².